The molecule has 14 heavy (non-hydrogen) atoms. The van der Waals surface area contributed by atoms with Crippen LogP contribution in [0.2, 0.25) is 0 Å². The molecule has 1 rings (SSSR count). The summed E-state index contributed by atoms with van der Waals surface area (Å²) in [5, 5.41) is 11.2. The van der Waals surface area contributed by atoms with Gasteiger partial charge < -0.3 is 10.4 Å². The molecule has 0 radical (unpaired) electrons. The van der Waals surface area contributed by atoms with Crippen molar-refractivity contribution in [2.75, 3.05) is 13.2 Å². The van der Waals surface area contributed by atoms with Crippen LogP contribution in [0, 0.1) is 5.41 Å². The Morgan fingerprint density at radius 1 is 1.50 bits per heavy atom. The highest BCUT2D eigenvalue weighted by atomic mass is 19.3. The maximum Gasteiger partial charge on any atom is 0.282 e. The average Bonchev–Trinajstić information content (AvgIpc) is 2.43. The predicted octanol–water partition coefficient (Wildman–Crippen LogP) is 1.78. The van der Waals surface area contributed by atoms with Gasteiger partial charge in [0, 0.05) is 6.04 Å². The first-order chi connectivity index (χ1) is 6.35. The summed E-state index contributed by atoms with van der Waals surface area (Å²) in [5.41, 5.74) is 0.270. The van der Waals surface area contributed by atoms with Crippen LogP contribution in [-0.2, 0) is 0 Å². The summed E-state index contributed by atoms with van der Waals surface area (Å²) >= 11 is 0. The van der Waals surface area contributed by atoms with Gasteiger partial charge in [0.25, 0.3) is 5.92 Å². The topological polar surface area (TPSA) is 32.3 Å². The molecule has 0 aromatic carbocycles. The van der Waals surface area contributed by atoms with Gasteiger partial charge >= 0.3 is 0 Å². The molecule has 4 heteroatoms. The van der Waals surface area contributed by atoms with Gasteiger partial charge in [0.05, 0.1) is 6.54 Å². The lowest BCUT2D eigenvalue weighted by molar-refractivity contribution is -0.0493. The molecule has 1 atom stereocenters. The first-order valence-electron chi connectivity index (χ1n) is 5.07. The van der Waals surface area contributed by atoms with Crippen molar-refractivity contribution in [3.8, 4) is 0 Å². The quantitative estimate of drug-likeness (QED) is 0.736. The van der Waals surface area contributed by atoms with Crippen LogP contribution in [0.4, 0.5) is 8.78 Å². The summed E-state index contributed by atoms with van der Waals surface area (Å²) < 4.78 is 25.4. The van der Waals surface area contributed by atoms with Crippen molar-refractivity contribution in [3.05, 3.63) is 0 Å². The molecule has 2 nitrogen and oxygen atoms in total. The van der Waals surface area contributed by atoms with Gasteiger partial charge in [-0.25, -0.2) is 8.78 Å². The second kappa shape index (κ2) is 4.11. The van der Waals surface area contributed by atoms with E-state index in [9.17, 15) is 8.78 Å². The molecule has 0 aliphatic heterocycles. The van der Waals surface area contributed by atoms with Crippen molar-refractivity contribution >= 4 is 0 Å². The molecule has 1 unspecified atom stereocenters. The molecule has 2 N–H and O–H groups in total. The van der Waals surface area contributed by atoms with Crippen LogP contribution >= 0.6 is 0 Å². The lowest BCUT2D eigenvalue weighted by Crippen LogP contribution is -2.40. The Morgan fingerprint density at radius 3 is 2.57 bits per heavy atom. The third kappa shape index (κ3) is 3.50. The third-order valence-electron chi connectivity index (χ3n) is 2.85. The minimum absolute atomic E-state index is 0.183. The van der Waals surface area contributed by atoms with Gasteiger partial charge in [-0.15, -0.1) is 0 Å². The van der Waals surface area contributed by atoms with Crippen molar-refractivity contribution in [1.82, 2.24) is 5.32 Å². The van der Waals surface area contributed by atoms with E-state index in [1.165, 1.54) is 0 Å². The molecule has 0 heterocycles. The Morgan fingerprint density at radius 2 is 2.14 bits per heavy atom. The summed E-state index contributed by atoms with van der Waals surface area (Å²) in [6.45, 7) is 2.82. The van der Waals surface area contributed by atoms with Crippen LogP contribution in [-0.4, -0.2) is 30.2 Å². The number of halogens is 2. The summed E-state index contributed by atoms with van der Waals surface area (Å²) in [4.78, 5) is 0. The molecule has 84 valence electrons. The van der Waals surface area contributed by atoms with Gasteiger partial charge in [0.2, 0.25) is 0 Å². The van der Waals surface area contributed by atoms with Gasteiger partial charge in [-0.1, -0.05) is 13.8 Å². The highest BCUT2D eigenvalue weighted by molar-refractivity contribution is 4.87. The Kier molecular flexibility index (Phi) is 3.48. The lowest BCUT2D eigenvalue weighted by atomic mass is 9.92. The van der Waals surface area contributed by atoms with E-state index in [1.54, 1.807) is 0 Å². The van der Waals surface area contributed by atoms with Crippen molar-refractivity contribution in [3.63, 3.8) is 0 Å². The molecule has 1 aliphatic rings. The molecule has 0 aromatic rings. The largest absolute Gasteiger partial charge is 0.390 e. The summed E-state index contributed by atoms with van der Waals surface area (Å²) in [5.74, 6) is -2.98. The number of hydrogen-bond donors (Lipinski definition) is 2. The zero-order valence-corrected chi connectivity index (χ0v) is 8.82. The zero-order chi connectivity index (χ0) is 10.8. The van der Waals surface area contributed by atoms with Gasteiger partial charge in [-0.3, -0.25) is 0 Å². The van der Waals surface area contributed by atoms with E-state index in [-0.39, 0.29) is 11.5 Å². The van der Waals surface area contributed by atoms with E-state index in [4.69, 9.17) is 5.11 Å². The summed E-state index contributed by atoms with van der Waals surface area (Å²) in [6, 6.07) is 0.183. The fourth-order valence-electron chi connectivity index (χ4n) is 1.96. The van der Waals surface area contributed by atoms with E-state index in [0.717, 1.165) is 19.3 Å². The van der Waals surface area contributed by atoms with Crippen LogP contribution in [0.25, 0.3) is 0 Å². The minimum Gasteiger partial charge on any atom is -0.390 e. The van der Waals surface area contributed by atoms with E-state index in [1.807, 2.05) is 0 Å². The van der Waals surface area contributed by atoms with E-state index in [2.05, 4.69) is 19.2 Å². The van der Waals surface area contributed by atoms with Crippen molar-refractivity contribution in [1.29, 1.82) is 0 Å². The van der Waals surface area contributed by atoms with Crippen molar-refractivity contribution in [2.24, 2.45) is 5.41 Å². The number of aliphatic hydroxyl groups excluding tert-OH is 1. The standard InChI is InChI=1S/C10H19F2NO/c1-9(2)4-3-8(5-9)13-6-10(11,12)7-14/h8,13-14H,3-7H2,1-2H3. The Hall–Kier alpha value is -0.220. The van der Waals surface area contributed by atoms with Gasteiger partial charge in [-0.2, -0.15) is 0 Å². The van der Waals surface area contributed by atoms with Crippen LogP contribution in [0.1, 0.15) is 33.1 Å². The Labute approximate surface area is 83.7 Å². The fraction of sp³-hybridized carbons (Fsp3) is 1.00. The van der Waals surface area contributed by atoms with Gasteiger partial charge in [0.1, 0.15) is 6.61 Å². The minimum atomic E-state index is -2.98. The highest BCUT2D eigenvalue weighted by Gasteiger charge is 2.34. The Balaban J connectivity index is 2.27. The van der Waals surface area contributed by atoms with Crippen molar-refractivity contribution < 1.29 is 13.9 Å². The fourth-order valence-corrected chi connectivity index (χ4v) is 1.96. The first-order valence-corrected chi connectivity index (χ1v) is 5.07. The van der Waals surface area contributed by atoms with Gasteiger partial charge in [-0.05, 0) is 24.7 Å². The van der Waals surface area contributed by atoms with Crippen LogP contribution in [0.3, 0.4) is 0 Å². The molecular weight excluding hydrogens is 188 g/mol. The highest BCUT2D eigenvalue weighted by Crippen LogP contribution is 2.37. The molecule has 0 saturated heterocycles. The van der Waals surface area contributed by atoms with Crippen LogP contribution < -0.4 is 5.32 Å². The molecule has 0 aromatic heterocycles. The maximum atomic E-state index is 12.7. The molecule has 0 spiro atoms. The molecular formula is C10H19F2NO. The maximum absolute atomic E-state index is 12.7. The van der Waals surface area contributed by atoms with E-state index in [0.29, 0.717) is 0 Å². The summed E-state index contributed by atoms with van der Waals surface area (Å²) in [7, 11) is 0. The van der Waals surface area contributed by atoms with Crippen molar-refractivity contribution in [2.45, 2.75) is 45.1 Å². The van der Waals surface area contributed by atoms with E-state index < -0.39 is 19.1 Å². The van der Waals surface area contributed by atoms with Gasteiger partial charge in [0.15, 0.2) is 0 Å². The van der Waals surface area contributed by atoms with Crippen LogP contribution in [0.5, 0.6) is 0 Å². The molecule has 1 aliphatic carbocycles. The number of aliphatic hydroxyl groups is 1. The molecule has 1 saturated carbocycles. The normalized spacial score (nSPS) is 26.8. The predicted molar refractivity (Wildman–Crippen MR) is 51.5 cm³/mol. The zero-order valence-electron chi connectivity index (χ0n) is 8.82. The molecule has 0 bridgehead atoms. The average molecular weight is 207 g/mol. The SMILES string of the molecule is CC1(C)CCC(NCC(F)(F)CO)C1. The number of alkyl halides is 2. The second-order valence-corrected chi connectivity index (χ2v) is 5.00. The van der Waals surface area contributed by atoms with E-state index >= 15 is 0 Å². The molecule has 0 amide bonds. The number of nitrogens with one attached hydrogen (secondary N) is 1. The monoisotopic (exact) mass is 207 g/mol. The summed E-state index contributed by atoms with van der Waals surface area (Å²) in [6.07, 6.45) is 2.97. The third-order valence-corrected chi connectivity index (χ3v) is 2.85. The number of rotatable bonds is 4. The number of hydrogen-bond acceptors (Lipinski definition) is 2. The Bertz CT molecular complexity index is 195. The molecule has 1 fully saturated rings. The first kappa shape index (κ1) is 11.9. The second-order valence-electron chi connectivity index (χ2n) is 5.00. The smallest absolute Gasteiger partial charge is 0.282 e. The lowest BCUT2D eigenvalue weighted by Gasteiger charge is -2.20. The van der Waals surface area contributed by atoms with Crippen LogP contribution in [0.15, 0.2) is 0 Å².